The second-order valence-electron chi connectivity index (χ2n) is 6.81. The molecule has 1 aromatic carbocycles. The Labute approximate surface area is 185 Å². The van der Waals surface area contributed by atoms with Gasteiger partial charge in [-0.1, -0.05) is 19.1 Å². The standard InChI is InChI=1S/C21H29FN4O4S/c1-3-19(28)25-18(10-11-31-2)21(30)26-17(9-8-16(27)12-23)20(29)24-13-14-4-6-15(22)7-5-14/h4-7,12,17-18,23H,3,8-11,13H2,1-2H3,(H,24,29)(H,25,28)(H,26,30)/t17-,18-/m0/s1. The number of hydrogen-bond donors (Lipinski definition) is 4. The maximum Gasteiger partial charge on any atom is 0.243 e. The summed E-state index contributed by atoms with van der Waals surface area (Å²) >= 11 is 1.52. The third-order valence-electron chi connectivity index (χ3n) is 4.44. The first-order valence-electron chi connectivity index (χ1n) is 9.94. The monoisotopic (exact) mass is 452 g/mol. The van der Waals surface area contributed by atoms with Gasteiger partial charge in [0.1, 0.15) is 17.9 Å². The molecule has 0 aliphatic rings. The van der Waals surface area contributed by atoms with E-state index < -0.39 is 35.5 Å². The highest BCUT2D eigenvalue weighted by atomic mass is 32.2. The van der Waals surface area contributed by atoms with Crippen molar-refractivity contribution in [3.05, 3.63) is 35.6 Å². The molecule has 0 unspecified atom stereocenters. The fraction of sp³-hybridized carbons (Fsp3) is 0.476. The van der Waals surface area contributed by atoms with Gasteiger partial charge in [-0.3, -0.25) is 19.2 Å². The normalized spacial score (nSPS) is 12.4. The van der Waals surface area contributed by atoms with Crippen molar-refractivity contribution in [2.75, 3.05) is 12.0 Å². The summed E-state index contributed by atoms with van der Waals surface area (Å²) in [6.07, 6.45) is 3.07. The van der Waals surface area contributed by atoms with Crippen LogP contribution in [0.25, 0.3) is 0 Å². The predicted molar refractivity (Wildman–Crippen MR) is 118 cm³/mol. The van der Waals surface area contributed by atoms with Crippen LogP contribution in [-0.4, -0.2) is 53.8 Å². The van der Waals surface area contributed by atoms with Crippen LogP contribution in [0.3, 0.4) is 0 Å². The molecule has 0 bridgehead atoms. The van der Waals surface area contributed by atoms with E-state index in [0.717, 1.165) is 0 Å². The molecule has 2 atom stereocenters. The number of carbonyl (C=O) groups is 4. The Balaban J connectivity index is 2.85. The van der Waals surface area contributed by atoms with Crippen LogP contribution in [0.15, 0.2) is 24.3 Å². The fourth-order valence-corrected chi connectivity index (χ4v) is 3.09. The summed E-state index contributed by atoms with van der Waals surface area (Å²) in [5.74, 6) is -1.53. The molecule has 31 heavy (non-hydrogen) atoms. The second kappa shape index (κ2) is 14.3. The molecule has 0 heterocycles. The van der Waals surface area contributed by atoms with Crippen LogP contribution in [0.1, 0.15) is 38.2 Å². The number of amides is 3. The van der Waals surface area contributed by atoms with Crippen molar-refractivity contribution in [3.63, 3.8) is 0 Å². The molecule has 0 aliphatic heterocycles. The van der Waals surface area contributed by atoms with E-state index in [-0.39, 0.29) is 31.7 Å². The molecular formula is C21H29FN4O4S. The van der Waals surface area contributed by atoms with Crippen LogP contribution >= 0.6 is 11.8 Å². The van der Waals surface area contributed by atoms with E-state index in [9.17, 15) is 23.6 Å². The summed E-state index contributed by atoms with van der Waals surface area (Å²) in [5, 5.41) is 14.9. The van der Waals surface area contributed by atoms with Gasteiger partial charge in [0.25, 0.3) is 0 Å². The lowest BCUT2D eigenvalue weighted by molar-refractivity contribution is -0.132. The lowest BCUT2D eigenvalue weighted by Gasteiger charge is -2.23. The van der Waals surface area contributed by atoms with Crippen molar-refractivity contribution in [1.82, 2.24) is 16.0 Å². The van der Waals surface area contributed by atoms with E-state index in [1.807, 2.05) is 6.26 Å². The van der Waals surface area contributed by atoms with Gasteiger partial charge in [-0.2, -0.15) is 11.8 Å². The third-order valence-corrected chi connectivity index (χ3v) is 5.08. The van der Waals surface area contributed by atoms with E-state index in [1.54, 1.807) is 6.92 Å². The van der Waals surface area contributed by atoms with Gasteiger partial charge in [0.05, 0.1) is 6.21 Å². The summed E-state index contributed by atoms with van der Waals surface area (Å²) in [7, 11) is 0. The molecule has 0 saturated carbocycles. The molecule has 8 nitrogen and oxygen atoms in total. The SMILES string of the molecule is CCC(=O)N[C@@H](CCSC)C(=O)N[C@@H](CCC(=O)C=N)C(=O)NCc1ccc(F)cc1. The summed E-state index contributed by atoms with van der Waals surface area (Å²) in [4.78, 5) is 48.7. The maximum atomic E-state index is 13.0. The van der Waals surface area contributed by atoms with Crippen LogP contribution in [0, 0.1) is 11.2 Å². The molecule has 0 fully saturated rings. The molecule has 170 valence electrons. The molecule has 3 amide bonds. The predicted octanol–water partition coefficient (Wildman–Crippen LogP) is 1.57. The van der Waals surface area contributed by atoms with E-state index in [2.05, 4.69) is 16.0 Å². The van der Waals surface area contributed by atoms with Crippen molar-refractivity contribution in [2.45, 2.75) is 51.2 Å². The van der Waals surface area contributed by atoms with Crippen molar-refractivity contribution < 1.29 is 23.6 Å². The van der Waals surface area contributed by atoms with Gasteiger partial charge in [-0.15, -0.1) is 0 Å². The Hall–Kier alpha value is -2.75. The van der Waals surface area contributed by atoms with E-state index in [4.69, 9.17) is 5.41 Å². The number of rotatable bonds is 14. The van der Waals surface area contributed by atoms with Crippen LogP contribution in [0.4, 0.5) is 4.39 Å². The largest absolute Gasteiger partial charge is 0.350 e. The number of Topliss-reactive ketones (excluding diaryl/α,β-unsaturated/α-hetero) is 1. The smallest absolute Gasteiger partial charge is 0.243 e. The Bertz CT molecular complexity index is 773. The number of thioether (sulfide) groups is 1. The average molecular weight is 453 g/mol. The number of halogens is 1. The van der Waals surface area contributed by atoms with Gasteiger partial charge in [0.2, 0.25) is 17.7 Å². The number of ketones is 1. The minimum Gasteiger partial charge on any atom is -0.350 e. The molecular weight excluding hydrogens is 423 g/mol. The van der Waals surface area contributed by atoms with Crippen LogP contribution in [-0.2, 0) is 25.7 Å². The highest BCUT2D eigenvalue weighted by Gasteiger charge is 2.26. The maximum absolute atomic E-state index is 13.0. The van der Waals surface area contributed by atoms with Crippen LogP contribution in [0.5, 0.6) is 0 Å². The summed E-state index contributed by atoms with van der Waals surface area (Å²) < 4.78 is 13.0. The Morgan fingerprint density at radius 2 is 1.71 bits per heavy atom. The number of benzene rings is 1. The van der Waals surface area contributed by atoms with Gasteiger partial charge in [-0.25, -0.2) is 4.39 Å². The molecule has 4 N–H and O–H groups in total. The van der Waals surface area contributed by atoms with Crippen molar-refractivity contribution in [3.8, 4) is 0 Å². The molecule has 1 rings (SSSR count). The summed E-state index contributed by atoms with van der Waals surface area (Å²) in [5.41, 5.74) is 0.670. The van der Waals surface area contributed by atoms with Crippen molar-refractivity contribution in [1.29, 1.82) is 5.41 Å². The molecule has 0 radical (unpaired) electrons. The molecule has 10 heteroatoms. The van der Waals surface area contributed by atoms with E-state index >= 15 is 0 Å². The lowest BCUT2D eigenvalue weighted by Crippen LogP contribution is -2.53. The van der Waals surface area contributed by atoms with Gasteiger partial charge >= 0.3 is 0 Å². The molecule has 1 aromatic rings. The number of carbonyl (C=O) groups excluding carboxylic acids is 4. The number of hydrogen-bond acceptors (Lipinski definition) is 6. The highest BCUT2D eigenvalue weighted by Crippen LogP contribution is 2.06. The quantitative estimate of drug-likeness (QED) is 0.319. The van der Waals surface area contributed by atoms with Crippen LogP contribution < -0.4 is 16.0 Å². The van der Waals surface area contributed by atoms with Crippen molar-refractivity contribution in [2.24, 2.45) is 0 Å². The first kappa shape index (κ1) is 26.3. The Morgan fingerprint density at radius 3 is 2.29 bits per heavy atom. The van der Waals surface area contributed by atoms with Gasteiger partial charge in [0, 0.05) is 19.4 Å². The average Bonchev–Trinajstić information content (AvgIpc) is 2.77. The lowest BCUT2D eigenvalue weighted by atomic mass is 10.1. The van der Waals surface area contributed by atoms with E-state index in [0.29, 0.717) is 24.0 Å². The zero-order valence-electron chi connectivity index (χ0n) is 17.7. The molecule has 0 aromatic heterocycles. The molecule has 0 spiro atoms. The highest BCUT2D eigenvalue weighted by molar-refractivity contribution is 7.98. The summed E-state index contributed by atoms with van der Waals surface area (Å²) in [6, 6.07) is 3.78. The zero-order chi connectivity index (χ0) is 23.2. The number of nitrogens with one attached hydrogen (secondary N) is 4. The van der Waals surface area contributed by atoms with E-state index in [1.165, 1.54) is 36.0 Å². The van der Waals surface area contributed by atoms with Gasteiger partial charge in [0.15, 0.2) is 5.78 Å². The topological polar surface area (TPSA) is 128 Å². The van der Waals surface area contributed by atoms with Crippen molar-refractivity contribution >= 4 is 41.5 Å². The second-order valence-corrected chi connectivity index (χ2v) is 7.80. The molecule has 0 saturated heterocycles. The first-order valence-corrected chi connectivity index (χ1v) is 11.3. The van der Waals surface area contributed by atoms with Gasteiger partial charge in [-0.05, 0) is 42.5 Å². The first-order chi connectivity index (χ1) is 14.8. The minimum atomic E-state index is -1.02. The molecule has 0 aliphatic carbocycles. The van der Waals surface area contributed by atoms with Crippen LogP contribution in [0.2, 0.25) is 0 Å². The summed E-state index contributed by atoms with van der Waals surface area (Å²) in [6.45, 7) is 1.79. The zero-order valence-corrected chi connectivity index (χ0v) is 18.5. The Kier molecular flexibility index (Phi) is 12.1. The Morgan fingerprint density at radius 1 is 1.06 bits per heavy atom. The van der Waals surface area contributed by atoms with Gasteiger partial charge < -0.3 is 21.4 Å². The fourth-order valence-electron chi connectivity index (χ4n) is 2.62. The minimum absolute atomic E-state index is 0.00613. The third kappa shape index (κ3) is 10.2.